The monoisotopic (exact) mass is 641 g/mol. The summed E-state index contributed by atoms with van der Waals surface area (Å²) in [7, 11) is 0. The Hall–Kier alpha value is -6.85. The van der Waals surface area contributed by atoms with Gasteiger partial charge in [0.2, 0.25) is 0 Å². The van der Waals surface area contributed by atoms with Crippen LogP contribution in [0, 0.1) is 0 Å². The smallest absolute Gasteiger partial charge is 0.164 e. The molecule has 0 aliphatic rings. The summed E-state index contributed by atoms with van der Waals surface area (Å²) in [6.07, 6.45) is 0. The van der Waals surface area contributed by atoms with Gasteiger partial charge in [-0.25, -0.2) is 15.0 Å². The molecule has 0 N–H and O–H groups in total. The van der Waals surface area contributed by atoms with Crippen LogP contribution in [0.1, 0.15) is 0 Å². The lowest BCUT2D eigenvalue weighted by atomic mass is 10.00. The standard InChI is InChI=1S/C45H27N3O2/c1-4-10-28(11-5-1)32-16-21-37-38-24-31(19-23-39(38)49-41(37)25-32)33-17-20-35-36-22-18-34(27-42(36)50-40(35)26-33)45-47-43(29-12-6-2-7-13-29)46-44(48-45)30-14-8-3-9-15-30/h1-27H. The summed E-state index contributed by atoms with van der Waals surface area (Å²) in [5.41, 5.74) is 10.6. The van der Waals surface area contributed by atoms with Crippen LogP contribution in [-0.2, 0) is 0 Å². The van der Waals surface area contributed by atoms with Gasteiger partial charge in [-0.05, 0) is 70.8 Å². The van der Waals surface area contributed by atoms with E-state index >= 15 is 0 Å². The highest BCUT2D eigenvalue weighted by molar-refractivity contribution is 6.09. The van der Waals surface area contributed by atoms with Gasteiger partial charge in [0.05, 0.1) is 0 Å². The third-order valence-corrected chi connectivity index (χ3v) is 9.34. The van der Waals surface area contributed by atoms with Crippen molar-refractivity contribution in [1.29, 1.82) is 0 Å². The minimum atomic E-state index is 0.595. The number of nitrogens with zero attached hydrogens (tertiary/aromatic N) is 3. The zero-order chi connectivity index (χ0) is 33.0. The van der Waals surface area contributed by atoms with Crippen molar-refractivity contribution in [3.63, 3.8) is 0 Å². The van der Waals surface area contributed by atoms with Crippen molar-refractivity contribution in [1.82, 2.24) is 15.0 Å². The molecule has 10 rings (SSSR count). The lowest BCUT2D eigenvalue weighted by Crippen LogP contribution is -2.00. The number of aromatic nitrogens is 3. The molecule has 10 aromatic rings. The molecule has 234 valence electrons. The van der Waals surface area contributed by atoms with Gasteiger partial charge in [0.1, 0.15) is 22.3 Å². The lowest BCUT2D eigenvalue weighted by molar-refractivity contribution is 0.669. The molecule has 5 nitrogen and oxygen atoms in total. The Morgan fingerprint density at radius 2 is 0.640 bits per heavy atom. The van der Waals surface area contributed by atoms with Crippen molar-refractivity contribution < 1.29 is 8.83 Å². The van der Waals surface area contributed by atoms with E-state index in [2.05, 4.69) is 91.0 Å². The Kier molecular flexibility index (Phi) is 6.42. The molecule has 0 aliphatic carbocycles. The summed E-state index contributed by atoms with van der Waals surface area (Å²) in [6, 6.07) is 55.8. The maximum Gasteiger partial charge on any atom is 0.164 e. The number of hydrogen-bond donors (Lipinski definition) is 0. The Balaban J connectivity index is 1.04. The molecule has 0 amide bonds. The Morgan fingerprint density at radius 1 is 0.260 bits per heavy atom. The molecular weight excluding hydrogens is 615 g/mol. The zero-order valence-corrected chi connectivity index (χ0v) is 26.7. The molecule has 3 heterocycles. The second-order valence-electron chi connectivity index (χ2n) is 12.5. The molecule has 0 saturated carbocycles. The average molecular weight is 642 g/mol. The summed E-state index contributed by atoms with van der Waals surface area (Å²) in [4.78, 5) is 14.6. The fourth-order valence-electron chi connectivity index (χ4n) is 6.80. The number of rotatable bonds is 5. The van der Waals surface area contributed by atoms with Gasteiger partial charge >= 0.3 is 0 Å². The average Bonchev–Trinajstić information content (AvgIpc) is 3.75. The summed E-state index contributed by atoms with van der Waals surface area (Å²) >= 11 is 0. The van der Waals surface area contributed by atoms with Crippen LogP contribution in [0.15, 0.2) is 173 Å². The van der Waals surface area contributed by atoms with Gasteiger partial charge in [0, 0.05) is 38.2 Å². The van der Waals surface area contributed by atoms with Crippen molar-refractivity contribution in [2.75, 3.05) is 0 Å². The highest BCUT2D eigenvalue weighted by atomic mass is 16.3. The van der Waals surface area contributed by atoms with Crippen molar-refractivity contribution in [2.24, 2.45) is 0 Å². The van der Waals surface area contributed by atoms with E-state index in [4.69, 9.17) is 23.8 Å². The first kappa shape index (κ1) is 28.2. The molecule has 0 unspecified atom stereocenters. The van der Waals surface area contributed by atoms with Gasteiger partial charge in [0.25, 0.3) is 0 Å². The van der Waals surface area contributed by atoms with Gasteiger partial charge in [-0.2, -0.15) is 0 Å². The van der Waals surface area contributed by atoms with Gasteiger partial charge in [-0.15, -0.1) is 0 Å². The zero-order valence-electron chi connectivity index (χ0n) is 26.7. The van der Waals surface area contributed by atoms with Crippen LogP contribution in [0.3, 0.4) is 0 Å². The van der Waals surface area contributed by atoms with Gasteiger partial charge in [-0.3, -0.25) is 0 Å². The summed E-state index contributed by atoms with van der Waals surface area (Å²) in [5.74, 6) is 1.85. The van der Waals surface area contributed by atoms with E-state index in [1.807, 2.05) is 72.8 Å². The largest absolute Gasteiger partial charge is 0.456 e. The van der Waals surface area contributed by atoms with Crippen LogP contribution in [0.5, 0.6) is 0 Å². The highest BCUT2D eigenvalue weighted by Gasteiger charge is 2.16. The Labute approximate surface area is 287 Å². The van der Waals surface area contributed by atoms with E-state index in [1.165, 1.54) is 5.56 Å². The van der Waals surface area contributed by atoms with Crippen molar-refractivity contribution >= 4 is 43.9 Å². The SMILES string of the molecule is c1ccc(-c2ccc3c(c2)oc2ccc(-c4ccc5c(c4)oc4cc(-c6nc(-c7ccccc7)nc(-c7ccccc7)n6)ccc45)cc23)cc1. The molecule has 0 aliphatic heterocycles. The molecule has 0 bridgehead atoms. The maximum absolute atomic E-state index is 6.51. The second kappa shape index (κ2) is 11.4. The minimum Gasteiger partial charge on any atom is -0.456 e. The molecular formula is C45H27N3O2. The fourth-order valence-corrected chi connectivity index (χ4v) is 6.80. The fraction of sp³-hybridized carbons (Fsp3) is 0. The van der Waals surface area contributed by atoms with E-state index in [9.17, 15) is 0 Å². The maximum atomic E-state index is 6.51. The molecule has 0 spiro atoms. The third kappa shape index (κ3) is 4.83. The topological polar surface area (TPSA) is 65.0 Å². The quantitative estimate of drug-likeness (QED) is 0.187. The molecule has 3 aromatic heterocycles. The van der Waals surface area contributed by atoms with Crippen LogP contribution < -0.4 is 0 Å². The third-order valence-electron chi connectivity index (χ3n) is 9.34. The van der Waals surface area contributed by atoms with Crippen LogP contribution in [0.2, 0.25) is 0 Å². The van der Waals surface area contributed by atoms with E-state index in [1.54, 1.807) is 0 Å². The first-order valence-electron chi connectivity index (χ1n) is 16.6. The molecule has 0 radical (unpaired) electrons. The van der Waals surface area contributed by atoms with Crippen LogP contribution in [0.4, 0.5) is 0 Å². The molecule has 50 heavy (non-hydrogen) atoms. The summed E-state index contributed by atoms with van der Waals surface area (Å²) in [5, 5.41) is 4.29. The van der Waals surface area contributed by atoms with Crippen molar-refractivity contribution in [3.05, 3.63) is 164 Å². The van der Waals surface area contributed by atoms with Crippen molar-refractivity contribution in [3.8, 4) is 56.4 Å². The van der Waals surface area contributed by atoms with E-state index < -0.39 is 0 Å². The predicted octanol–water partition coefficient (Wildman–Crippen LogP) is 12.0. The summed E-state index contributed by atoms with van der Waals surface area (Å²) < 4.78 is 12.8. The Bertz CT molecular complexity index is 2800. The Morgan fingerprint density at radius 3 is 1.20 bits per heavy atom. The molecule has 7 aromatic carbocycles. The van der Waals surface area contributed by atoms with E-state index in [0.717, 1.165) is 77.3 Å². The molecule has 0 fully saturated rings. The number of hydrogen-bond acceptors (Lipinski definition) is 5. The van der Waals surface area contributed by atoms with Crippen LogP contribution >= 0.6 is 0 Å². The molecule has 0 atom stereocenters. The van der Waals surface area contributed by atoms with E-state index in [0.29, 0.717) is 17.5 Å². The number of fused-ring (bicyclic) bond motifs is 6. The second-order valence-corrected chi connectivity index (χ2v) is 12.5. The predicted molar refractivity (Wildman–Crippen MR) is 202 cm³/mol. The number of benzene rings is 7. The summed E-state index contributed by atoms with van der Waals surface area (Å²) in [6.45, 7) is 0. The molecule has 0 saturated heterocycles. The first-order valence-corrected chi connectivity index (χ1v) is 16.6. The van der Waals surface area contributed by atoms with Crippen LogP contribution in [-0.4, -0.2) is 15.0 Å². The minimum absolute atomic E-state index is 0.595. The normalized spacial score (nSPS) is 11.6. The van der Waals surface area contributed by atoms with Gasteiger partial charge < -0.3 is 8.83 Å². The van der Waals surface area contributed by atoms with Crippen LogP contribution in [0.25, 0.3) is 100 Å². The number of furan rings is 2. The van der Waals surface area contributed by atoms with Gasteiger partial charge in [-0.1, -0.05) is 115 Å². The van der Waals surface area contributed by atoms with E-state index in [-0.39, 0.29) is 0 Å². The van der Waals surface area contributed by atoms with Gasteiger partial charge in [0.15, 0.2) is 17.5 Å². The first-order chi connectivity index (χ1) is 24.7. The molecule has 5 heteroatoms. The highest BCUT2D eigenvalue weighted by Crippen LogP contribution is 2.38. The lowest BCUT2D eigenvalue weighted by Gasteiger charge is -2.08. The van der Waals surface area contributed by atoms with Crippen molar-refractivity contribution in [2.45, 2.75) is 0 Å².